The number of unbranched alkanes of at least 4 members (excludes halogenated alkanes) is 2. The minimum atomic E-state index is -0.415. The van der Waals surface area contributed by atoms with Gasteiger partial charge in [0.25, 0.3) is 0 Å². The third-order valence-corrected chi connectivity index (χ3v) is 4.64. The number of thioether (sulfide) groups is 1. The molecule has 2 aromatic rings. The van der Waals surface area contributed by atoms with Crippen LogP contribution in [0.25, 0.3) is 6.08 Å². The molecule has 0 aliphatic heterocycles. The second kappa shape index (κ2) is 10.5. The predicted octanol–water partition coefficient (Wildman–Crippen LogP) is 5.37. The Morgan fingerprint density at radius 1 is 1.00 bits per heavy atom. The van der Waals surface area contributed by atoms with Crippen molar-refractivity contribution in [1.82, 2.24) is 0 Å². The highest BCUT2D eigenvalue weighted by Crippen LogP contribution is 2.25. The number of methoxy groups -OCH3 is 1. The number of hydrogen-bond acceptors (Lipinski definition) is 4. The zero-order chi connectivity index (χ0) is 17.9. The molecule has 0 aliphatic carbocycles. The smallest absolute Gasteiger partial charge is 0.339 e. The molecule has 4 heteroatoms. The standard InChI is InChI=1S/C21H22O3S/c1-24-21(23)18-14-9-10-15-19(18)25-20(22)16-8-3-2-5-11-17-12-6-4-7-13-17/h4-7,9-15H,2-3,8,16H2,1H3/b11-5+. The van der Waals surface area contributed by atoms with Crippen LogP contribution in [0, 0.1) is 0 Å². The lowest BCUT2D eigenvalue weighted by Crippen LogP contribution is -2.04. The molecule has 0 fully saturated rings. The van der Waals surface area contributed by atoms with Crippen LogP contribution in [0.2, 0.25) is 0 Å². The maximum atomic E-state index is 12.1. The Balaban J connectivity index is 1.73. The van der Waals surface area contributed by atoms with E-state index in [1.54, 1.807) is 18.2 Å². The molecule has 2 rings (SSSR count). The first-order chi connectivity index (χ1) is 12.2. The summed E-state index contributed by atoms with van der Waals surface area (Å²) < 4.78 is 4.75. The Hall–Kier alpha value is -2.33. The minimum absolute atomic E-state index is 0.0726. The second-order valence-electron chi connectivity index (χ2n) is 5.52. The summed E-state index contributed by atoms with van der Waals surface area (Å²) in [4.78, 5) is 24.5. The molecule has 0 heterocycles. The van der Waals surface area contributed by atoms with E-state index < -0.39 is 5.97 Å². The molecule has 0 unspecified atom stereocenters. The number of carbonyl (C=O) groups is 2. The van der Waals surface area contributed by atoms with Crippen LogP contribution in [0.4, 0.5) is 0 Å². The van der Waals surface area contributed by atoms with Gasteiger partial charge in [0.15, 0.2) is 5.12 Å². The Bertz CT molecular complexity index is 723. The van der Waals surface area contributed by atoms with Gasteiger partial charge in [0.1, 0.15) is 0 Å². The molecule has 0 atom stereocenters. The molecule has 0 radical (unpaired) electrons. The third kappa shape index (κ3) is 6.59. The van der Waals surface area contributed by atoms with Crippen molar-refractivity contribution < 1.29 is 14.3 Å². The van der Waals surface area contributed by atoms with Crippen LogP contribution >= 0.6 is 11.8 Å². The molecule has 0 bridgehead atoms. The van der Waals surface area contributed by atoms with Gasteiger partial charge in [-0.25, -0.2) is 4.79 Å². The Morgan fingerprint density at radius 2 is 1.72 bits per heavy atom. The predicted molar refractivity (Wildman–Crippen MR) is 103 cm³/mol. The number of carbonyl (C=O) groups excluding carboxylic acids is 2. The summed E-state index contributed by atoms with van der Waals surface area (Å²) in [5.74, 6) is -0.415. The highest BCUT2D eigenvalue weighted by Gasteiger charge is 2.14. The fourth-order valence-electron chi connectivity index (χ4n) is 2.32. The topological polar surface area (TPSA) is 43.4 Å². The van der Waals surface area contributed by atoms with Gasteiger partial charge in [-0.05, 0) is 37.0 Å². The summed E-state index contributed by atoms with van der Waals surface area (Å²) in [6.45, 7) is 0. The van der Waals surface area contributed by atoms with E-state index >= 15 is 0 Å². The average molecular weight is 354 g/mol. The van der Waals surface area contributed by atoms with Crippen molar-refractivity contribution in [1.29, 1.82) is 0 Å². The van der Waals surface area contributed by atoms with Crippen molar-refractivity contribution in [3.63, 3.8) is 0 Å². The number of rotatable bonds is 8. The van der Waals surface area contributed by atoms with E-state index in [4.69, 9.17) is 4.74 Å². The fourth-order valence-corrected chi connectivity index (χ4v) is 3.22. The Morgan fingerprint density at radius 3 is 2.48 bits per heavy atom. The highest BCUT2D eigenvalue weighted by atomic mass is 32.2. The van der Waals surface area contributed by atoms with Gasteiger partial charge in [-0.3, -0.25) is 4.79 Å². The van der Waals surface area contributed by atoms with Gasteiger partial charge < -0.3 is 4.74 Å². The van der Waals surface area contributed by atoms with Crippen LogP contribution in [0.3, 0.4) is 0 Å². The van der Waals surface area contributed by atoms with Crippen molar-refractivity contribution >= 4 is 28.9 Å². The molecule has 0 aromatic heterocycles. The number of benzene rings is 2. The number of hydrogen-bond donors (Lipinski definition) is 0. The van der Waals surface area contributed by atoms with Crippen LogP contribution in [0.5, 0.6) is 0 Å². The first kappa shape index (κ1) is 19.0. The summed E-state index contributed by atoms with van der Waals surface area (Å²) in [5, 5.41) is 0.0726. The Kier molecular flexibility index (Phi) is 7.99. The maximum Gasteiger partial charge on any atom is 0.339 e. The number of allylic oxidation sites excluding steroid dienone is 1. The van der Waals surface area contributed by atoms with Gasteiger partial charge in [-0.1, -0.05) is 66.4 Å². The summed E-state index contributed by atoms with van der Waals surface area (Å²) in [7, 11) is 1.34. The molecule has 0 aliphatic rings. The fraction of sp³-hybridized carbons (Fsp3) is 0.238. The number of esters is 1. The third-order valence-electron chi connectivity index (χ3n) is 3.63. The molecule has 0 amide bonds. The summed E-state index contributed by atoms with van der Waals surface area (Å²) in [6.07, 6.45) is 7.49. The average Bonchev–Trinajstić information content (AvgIpc) is 2.65. The van der Waals surface area contributed by atoms with Crippen molar-refractivity contribution in [2.45, 2.75) is 30.6 Å². The molecular weight excluding hydrogens is 332 g/mol. The van der Waals surface area contributed by atoms with Crippen LogP contribution < -0.4 is 0 Å². The molecule has 130 valence electrons. The van der Waals surface area contributed by atoms with Gasteiger partial charge in [-0.15, -0.1) is 0 Å². The molecule has 0 N–H and O–H groups in total. The first-order valence-corrected chi connectivity index (χ1v) is 9.12. The van der Waals surface area contributed by atoms with Crippen LogP contribution in [-0.4, -0.2) is 18.2 Å². The SMILES string of the molecule is COC(=O)c1ccccc1SC(=O)CCCC/C=C/c1ccccc1. The van der Waals surface area contributed by atoms with E-state index in [1.807, 2.05) is 24.3 Å². The molecule has 2 aromatic carbocycles. The van der Waals surface area contributed by atoms with E-state index in [2.05, 4.69) is 24.3 Å². The van der Waals surface area contributed by atoms with Crippen molar-refractivity contribution in [2.75, 3.05) is 7.11 Å². The monoisotopic (exact) mass is 354 g/mol. The van der Waals surface area contributed by atoms with Crippen LogP contribution in [-0.2, 0) is 9.53 Å². The minimum Gasteiger partial charge on any atom is -0.465 e. The first-order valence-electron chi connectivity index (χ1n) is 8.30. The quantitative estimate of drug-likeness (QED) is 0.363. The molecule has 3 nitrogen and oxygen atoms in total. The van der Waals surface area contributed by atoms with E-state index in [1.165, 1.54) is 12.7 Å². The second-order valence-corrected chi connectivity index (χ2v) is 6.62. The maximum absolute atomic E-state index is 12.1. The van der Waals surface area contributed by atoms with E-state index in [0.29, 0.717) is 16.9 Å². The van der Waals surface area contributed by atoms with Gasteiger partial charge in [0.2, 0.25) is 0 Å². The largest absolute Gasteiger partial charge is 0.465 e. The van der Waals surface area contributed by atoms with Gasteiger partial charge in [-0.2, -0.15) is 0 Å². The molecule has 0 saturated carbocycles. The zero-order valence-corrected chi connectivity index (χ0v) is 15.1. The molecule has 0 saturated heterocycles. The van der Waals surface area contributed by atoms with E-state index in [-0.39, 0.29) is 5.12 Å². The van der Waals surface area contributed by atoms with Gasteiger partial charge in [0, 0.05) is 11.3 Å². The summed E-state index contributed by atoms with van der Waals surface area (Å²) in [6, 6.07) is 17.2. The Labute approximate surface area is 153 Å². The van der Waals surface area contributed by atoms with Gasteiger partial charge >= 0.3 is 5.97 Å². The number of ether oxygens (including phenoxy) is 1. The van der Waals surface area contributed by atoms with Crippen molar-refractivity contribution in [2.24, 2.45) is 0 Å². The van der Waals surface area contributed by atoms with Crippen molar-refractivity contribution in [3.8, 4) is 0 Å². The van der Waals surface area contributed by atoms with Crippen LogP contribution in [0.15, 0.2) is 65.6 Å². The van der Waals surface area contributed by atoms with Crippen LogP contribution in [0.1, 0.15) is 41.6 Å². The molecule has 25 heavy (non-hydrogen) atoms. The summed E-state index contributed by atoms with van der Waals surface area (Å²) >= 11 is 1.12. The lowest BCUT2D eigenvalue weighted by molar-refractivity contribution is -0.111. The van der Waals surface area contributed by atoms with Gasteiger partial charge in [0.05, 0.1) is 12.7 Å². The lowest BCUT2D eigenvalue weighted by atomic mass is 10.1. The van der Waals surface area contributed by atoms with E-state index in [0.717, 1.165) is 31.0 Å². The van der Waals surface area contributed by atoms with Crippen molar-refractivity contribution in [3.05, 3.63) is 71.8 Å². The zero-order valence-electron chi connectivity index (χ0n) is 14.3. The molecular formula is C21H22O3S. The summed E-state index contributed by atoms with van der Waals surface area (Å²) in [5.41, 5.74) is 1.63. The lowest BCUT2D eigenvalue weighted by Gasteiger charge is -2.06. The normalized spacial score (nSPS) is 10.8. The molecule has 0 spiro atoms. The van der Waals surface area contributed by atoms with E-state index in [9.17, 15) is 9.59 Å². The highest BCUT2D eigenvalue weighted by molar-refractivity contribution is 8.13.